The number of amides is 2. The number of nitrogens with one attached hydrogen (secondary N) is 2. The molecule has 2 N–H and O–H groups in total. The van der Waals surface area contributed by atoms with Crippen molar-refractivity contribution in [3.8, 4) is 17.0 Å². The van der Waals surface area contributed by atoms with Gasteiger partial charge in [-0.1, -0.05) is 23.5 Å². The van der Waals surface area contributed by atoms with Crippen molar-refractivity contribution in [3.05, 3.63) is 46.6 Å². The SMILES string of the molecule is COc1ccccc1-c1cc(C(=O)Nc2nc3c(s2)C(=O)NCCC3)n(C)n1. The van der Waals surface area contributed by atoms with E-state index >= 15 is 0 Å². The highest BCUT2D eigenvalue weighted by molar-refractivity contribution is 7.17. The highest BCUT2D eigenvalue weighted by Crippen LogP contribution is 2.30. The zero-order valence-corrected chi connectivity index (χ0v) is 16.3. The minimum absolute atomic E-state index is 0.135. The van der Waals surface area contributed by atoms with Crippen LogP contribution >= 0.6 is 11.3 Å². The Kier molecular flexibility index (Phi) is 4.82. The molecule has 9 heteroatoms. The summed E-state index contributed by atoms with van der Waals surface area (Å²) in [5, 5.41) is 10.5. The predicted molar refractivity (Wildman–Crippen MR) is 106 cm³/mol. The number of nitrogens with zero attached hydrogens (tertiary/aromatic N) is 3. The monoisotopic (exact) mass is 397 g/mol. The third-order valence-corrected chi connectivity index (χ3v) is 5.51. The fraction of sp³-hybridized carbons (Fsp3) is 0.263. The van der Waals surface area contributed by atoms with Crippen molar-refractivity contribution < 1.29 is 14.3 Å². The van der Waals surface area contributed by atoms with Gasteiger partial charge in [-0.2, -0.15) is 5.10 Å². The molecule has 144 valence electrons. The van der Waals surface area contributed by atoms with Gasteiger partial charge in [-0.3, -0.25) is 19.6 Å². The van der Waals surface area contributed by atoms with Crippen LogP contribution in [0.3, 0.4) is 0 Å². The van der Waals surface area contributed by atoms with E-state index in [0.29, 0.717) is 40.1 Å². The molecule has 0 spiro atoms. The van der Waals surface area contributed by atoms with Gasteiger partial charge < -0.3 is 10.1 Å². The van der Waals surface area contributed by atoms with Crippen molar-refractivity contribution in [1.29, 1.82) is 0 Å². The van der Waals surface area contributed by atoms with Crippen LogP contribution < -0.4 is 15.4 Å². The van der Waals surface area contributed by atoms with Gasteiger partial charge in [0.2, 0.25) is 0 Å². The molecule has 0 fully saturated rings. The van der Waals surface area contributed by atoms with E-state index in [2.05, 4.69) is 20.7 Å². The van der Waals surface area contributed by atoms with Crippen molar-refractivity contribution in [3.63, 3.8) is 0 Å². The van der Waals surface area contributed by atoms with Crippen molar-refractivity contribution in [2.75, 3.05) is 19.0 Å². The molecule has 1 aromatic carbocycles. The lowest BCUT2D eigenvalue weighted by Gasteiger charge is -2.04. The molecule has 2 amide bonds. The number of benzene rings is 1. The van der Waals surface area contributed by atoms with E-state index in [1.54, 1.807) is 20.2 Å². The fourth-order valence-corrected chi connectivity index (χ4v) is 4.04. The lowest BCUT2D eigenvalue weighted by Crippen LogP contribution is -2.21. The summed E-state index contributed by atoms with van der Waals surface area (Å²) in [7, 11) is 3.30. The molecule has 0 saturated heterocycles. The van der Waals surface area contributed by atoms with Crippen LogP contribution in [-0.4, -0.2) is 40.2 Å². The molecule has 3 aromatic rings. The van der Waals surface area contributed by atoms with Gasteiger partial charge in [0.15, 0.2) is 5.13 Å². The van der Waals surface area contributed by atoms with Gasteiger partial charge in [0, 0.05) is 19.2 Å². The Hall–Kier alpha value is -3.20. The lowest BCUT2D eigenvalue weighted by molar-refractivity contribution is 0.0958. The summed E-state index contributed by atoms with van der Waals surface area (Å²) in [5.74, 6) is 0.215. The summed E-state index contributed by atoms with van der Waals surface area (Å²) < 4.78 is 6.89. The van der Waals surface area contributed by atoms with Gasteiger partial charge in [-0.05, 0) is 31.0 Å². The number of fused-ring (bicyclic) bond motifs is 1. The highest BCUT2D eigenvalue weighted by atomic mass is 32.1. The van der Waals surface area contributed by atoms with Crippen molar-refractivity contribution >= 4 is 28.3 Å². The molecule has 4 rings (SSSR count). The number of para-hydroxylation sites is 1. The predicted octanol–water partition coefficient (Wildman–Crippen LogP) is 2.48. The summed E-state index contributed by atoms with van der Waals surface area (Å²) in [5.41, 5.74) is 2.56. The van der Waals surface area contributed by atoms with Gasteiger partial charge in [0.05, 0.1) is 18.5 Å². The Morgan fingerprint density at radius 1 is 1.36 bits per heavy atom. The molecule has 0 radical (unpaired) electrons. The summed E-state index contributed by atoms with van der Waals surface area (Å²) >= 11 is 1.19. The molecule has 28 heavy (non-hydrogen) atoms. The van der Waals surface area contributed by atoms with Gasteiger partial charge in [-0.25, -0.2) is 4.98 Å². The minimum atomic E-state index is -0.333. The van der Waals surface area contributed by atoms with Crippen LogP contribution in [0.15, 0.2) is 30.3 Å². The summed E-state index contributed by atoms with van der Waals surface area (Å²) in [6.07, 6.45) is 1.55. The molecule has 0 bridgehead atoms. The molecule has 0 saturated carbocycles. The largest absolute Gasteiger partial charge is 0.496 e. The average Bonchev–Trinajstić information content (AvgIpc) is 3.24. The Bertz CT molecular complexity index is 1060. The van der Waals surface area contributed by atoms with E-state index in [1.807, 2.05) is 24.3 Å². The molecule has 0 aliphatic carbocycles. The molecule has 0 atom stereocenters. The van der Waals surface area contributed by atoms with E-state index in [1.165, 1.54) is 16.0 Å². The molecule has 1 aliphatic rings. The number of rotatable bonds is 4. The van der Waals surface area contributed by atoms with E-state index in [0.717, 1.165) is 17.7 Å². The Morgan fingerprint density at radius 2 is 2.18 bits per heavy atom. The first kappa shape index (κ1) is 18.2. The second-order valence-corrected chi connectivity index (χ2v) is 7.35. The first-order chi connectivity index (χ1) is 13.6. The first-order valence-corrected chi connectivity index (χ1v) is 9.65. The number of ether oxygens (including phenoxy) is 1. The van der Waals surface area contributed by atoms with E-state index in [4.69, 9.17) is 4.74 Å². The molecule has 3 heterocycles. The topological polar surface area (TPSA) is 98.1 Å². The Labute approximate surface area is 165 Å². The van der Waals surface area contributed by atoms with Crippen LogP contribution in [0.4, 0.5) is 5.13 Å². The average molecular weight is 397 g/mol. The number of hydrogen-bond donors (Lipinski definition) is 2. The zero-order chi connectivity index (χ0) is 19.7. The van der Waals surface area contributed by atoms with Gasteiger partial charge in [-0.15, -0.1) is 0 Å². The van der Waals surface area contributed by atoms with Crippen LogP contribution in [0.2, 0.25) is 0 Å². The second kappa shape index (κ2) is 7.43. The number of anilines is 1. The number of carbonyl (C=O) groups is 2. The molecular weight excluding hydrogens is 378 g/mol. The molecule has 0 unspecified atom stereocenters. The van der Waals surface area contributed by atoms with E-state index < -0.39 is 0 Å². The van der Waals surface area contributed by atoms with Crippen molar-refractivity contribution in [2.24, 2.45) is 7.05 Å². The third-order valence-electron chi connectivity index (χ3n) is 4.50. The lowest BCUT2D eigenvalue weighted by atomic mass is 10.1. The van der Waals surface area contributed by atoms with Crippen LogP contribution in [0.5, 0.6) is 5.75 Å². The number of aromatic nitrogens is 3. The Morgan fingerprint density at radius 3 is 3.00 bits per heavy atom. The van der Waals surface area contributed by atoms with E-state index in [-0.39, 0.29) is 11.8 Å². The summed E-state index contributed by atoms with van der Waals surface area (Å²) in [6, 6.07) is 9.21. The third kappa shape index (κ3) is 3.36. The van der Waals surface area contributed by atoms with Crippen LogP contribution in [0.1, 0.15) is 32.3 Å². The maximum Gasteiger partial charge on any atom is 0.275 e. The van der Waals surface area contributed by atoms with Gasteiger partial charge in [0.1, 0.15) is 16.3 Å². The normalized spacial score (nSPS) is 13.4. The Balaban J connectivity index is 1.59. The molecule has 2 aromatic heterocycles. The van der Waals surface area contributed by atoms with Gasteiger partial charge in [0.25, 0.3) is 11.8 Å². The number of hydrogen-bond acceptors (Lipinski definition) is 6. The smallest absolute Gasteiger partial charge is 0.275 e. The van der Waals surface area contributed by atoms with Crippen molar-refractivity contribution in [2.45, 2.75) is 12.8 Å². The highest BCUT2D eigenvalue weighted by Gasteiger charge is 2.23. The van der Waals surface area contributed by atoms with Crippen molar-refractivity contribution in [1.82, 2.24) is 20.1 Å². The number of carbonyl (C=O) groups excluding carboxylic acids is 2. The molecule has 8 nitrogen and oxygen atoms in total. The standard InChI is InChI=1S/C19H19N5O3S/c1-24-14(10-13(23-24)11-6-3-4-8-15(11)27-2)17(25)22-19-21-12-7-5-9-20-18(26)16(12)28-19/h3-4,6,8,10H,5,7,9H2,1-2H3,(H,20,26)(H,21,22,25). The maximum atomic E-state index is 12.8. The second-order valence-electron chi connectivity index (χ2n) is 6.35. The van der Waals surface area contributed by atoms with Crippen LogP contribution in [0.25, 0.3) is 11.3 Å². The fourth-order valence-electron chi connectivity index (χ4n) is 3.12. The maximum absolute atomic E-state index is 12.8. The minimum Gasteiger partial charge on any atom is -0.496 e. The summed E-state index contributed by atoms with van der Waals surface area (Å²) in [6.45, 7) is 0.643. The van der Waals surface area contributed by atoms with Crippen LogP contribution in [0, 0.1) is 0 Å². The molecular formula is C19H19N5O3S. The van der Waals surface area contributed by atoms with Gasteiger partial charge >= 0.3 is 0 Å². The van der Waals surface area contributed by atoms with E-state index in [9.17, 15) is 9.59 Å². The number of thiazole rings is 1. The van der Waals surface area contributed by atoms with Crippen LogP contribution in [-0.2, 0) is 13.5 Å². The zero-order valence-electron chi connectivity index (χ0n) is 15.5. The number of methoxy groups -OCH3 is 1. The quantitative estimate of drug-likeness (QED) is 0.705. The molecule has 1 aliphatic heterocycles. The summed E-state index contributed by atoms with van der Waals surface area (Å²) in [4.78, 5) is 29.8. The first-order valence-electron chi connectivity index (χ1n) is 8.83. The number of aryl methyl sites for hydroxylation is 2.